The molecule has 0 aromatic heterocycles. The van der Waals surface area contributed by atoms with Gasteiger partial charge in [-0.3, -0.25) is 9.59 Å². The van der Waals surface area contributed by atoms with E-state index in [0.29, 0.717) is 22.9 Å². The predicted octanol–water partition coefficient (Wildman–Crippen LogP) is 3.50. The number of nitrogens with two attached hydrogens (primary N) is 1. The molecule has 0 saturated heterocycles. The number of rotatable bonds is 6. The van der Waals surface area contributed by atoms with Gasteiger partial charge in [-0.2, -0.15) is 0 Å². The smallest absolute Gasteiger partial charge is 0.245 e. The summed E-state index contributed by atoms with van der Waals surface area (Å²) in [6.07, 6.45) is 2.99. The monoisotopic (exact) mass is 464 g/mol. The molecule has 0 bridgehead atoms. The summed E-state index contributed by atoms with van der Waals surface area (Å²) in [6, 6.07) is 7.42. The molecule has 2 aromatic rings. The molecule has 31 heavy (non-hydrogen) atoms. The molecule has 164 valence electrons. The molecule has 1 heterocycles. The second kappa shape index (κ2) is 8.33. The Bertz CT molecular complexity index is 1150. The SMILES string of the molecule is N[C@H]1CS(=O)(=O)c2cc(F)c(C(=O)CCC3CC3)cc2N(Cc2ccc(Cl)cc2)C1=O. The van der Waals surface area contributed by atoms with Crippen LogP contribution in [0.25, 0.3) is 0 Å². The molecule has 1 amide bonds. The van der Waals surface area contributed by atoms with Gasteiger partial charge in [-0.15, -0.1) is 0 Å². The summed E-state index contributed by atoms with van der Waals surface area (Å²) in [5, 5.41) is 0.510. The second-order valence-electron chi connectivity index (χ2n) is 8.14. The number of ketones is 1. The van der Waals surface area contributed by atoms with Crippen LogP contribution in [0.3, 0.4) is 0 Å². The first-order valence-corrected chi connectivity index (χ1v) is 12.1. The van der Waals surface area contributed by atoms with Crippen LogP contribution >= 0.6 is 11.6 Å². The summed E-state index contributed by atoms with van der Waals surface area (Å²) >= 11 is 5.92. The van der Waals surface area contributed by atoms with Crippen molar-refractivity contribution >= 4 is 38.8 Å². The first-order chi connectivity index (χ1) is 14.7. The number of sulfone groups is 1. The lowest BCUT2D eigenvalue weighted by atomic mass is 10.0. The number of anilines is 1. The highest BCUT2D eigenvalue weighted by Crippen LogP contribution is 2.36. The summed E-state index contributed by atoms with van der Waals surface area (Å²) in [4.78, 5) is 26.5. The molecule has 9 heteroatoms. The van der Waals surface area contributed by atoms with E-state index >= 15 is 0 Å². The third-order valence-electron chi connectivity index (χ3n) is 5.69. The maximum absolute atomic E-state index is 14.8. The minimum atomic E-state index is -4.03. The normalized spacial score (nSPS) is 20.3. The van der Waals surface area contributed by atoms with Gasteiger partial charge in [0.1, 0.15) is 5.82 Å². The van der Waals surface area contributed by atoms with Crippen molar-refractivity contribution < 1.29 is 22.4 Å². The molecular formula is C22H22ClFN2O4S. The highest BCUT2D eigenvalue weighted by Gasteiger charge is 2.37. The zero-order chi connectivity index (χ0) is 22.3. The molecule has 2 aromatic carbocycles. The van der Waals surface area contributed by atoms with Gasteiger partial charge in [-0.1, -0.05) is 36.6 Å². The van der Waals surface area contributed by atoms with E-state index in [1.165, 1.54) is 11.0 Å². The molecule has 1 aliphatic carbocycles. The van der Waals surface area contributed by atoms with E-state index in [1.807, 2.05) is 0 Å². The number of hydrogen-bond donors (Lipinski definition) is 1. The molecule has 1 saturated carbocycles. The lowest BCUT2D eigenvalue weighted by molar-refractivity contribution is -0.119. The van der Waals surface area contributed by atoms with Crippen LogP contribution < -0.4 is 10.6 Å². The Morgan fingerprint density at radius 3 is 2.52 bits per heavy atom. The number of hydrogen-bond acceptors (Lipinski definition) is 5. The molecule has 1 aliphatic heterocycles. The minimum Gasteiger partial charge on any atom is -0.319 e. The van der Waals surface area contributed by atoms with Crippen LogP contribution in [0, 0.1) is 11.7 Å². The van der Waals surface area contributed by atoms with Crippen LogP contribution in [0.1, 0.15) is 41.6 Å². The predicted molar refractivity (Wildman–Crippen MR) is 115 cm³/mol. The van der Waals surface area contributed by atoms with Crippen LogP contribution in [0.4, 0.5) is 10.1 Å². The van der Waals surface area contributed by atoms with E-state index in [1.54, 1.807) is 24.3 Å². The van der Waals surface area contributed by atoms with Gasteiger partial charge in [0, 0.05) is 11.4 Å². The zero-order valence-corrected chi connectivity index (χ0v) is 18.3. The van der Waals surface area contributed by atoms with E-state index in [9.17, 15) is 22.4 Å². The summed E-state index contributed by atoms with van der Waals surface area (Å²) in [5.41, 5.74) is 6.32. The maximum atomic E-state index is 14.8. The molecule has 2 aliphatic rings. The quantitative estimate of drug-likeness (QED) is 0.660. The van der Waals surface area contributed by atoms with E-state index in [-0.39, 0.29) is 29.1 Å². The van der Waals surface area contributed by atoms with E-state index in [2.05, 4.69) is 0 Å². The Morgan fingerprint density at radius 1 is 1.19 bits per heavy atom. The fraction of sp³-hybridized carbons (Fsp3) is 0.364. The van der Waals surface area contributed by atoms with Crippen molar-refractivity contribution in [1.29, 1.82) is 0 Å². The lowest BCUT2D eigenvalue weighted by Gasteiger charge is -2.25. The fourth-order valence-corrected chi connectivity index (χ4v) is 5.44. The van der Waals surface area contributed by atoms with Gasteiger partial charge in [-0.05, 0) is 42.2 Å². The first-order valence-electron chi connectivity index (χ1n) is 10.1. The maximum Gasteiger partial charge on any atom is 0.245 e. The Balaban J connectivity index is 1.79. The molecule has 0 spiro atoms. The molecule has 4 rings (SSSR count). The number of benzene rings is 2. The van der Waals surface area contributed by atoms with Crippen LogP contribution in [-0.4, -0.2) is 31.9 Å². The van der Waals surface area contributed by atoms with E-state index < -0.39 is 39.1 Å². The number of Topliss-reactive ketones (excluding diaryl/α,β-unsaturated/α-hetero) is 1. The van der Waals surface area contributed by atoms with Crippen molar-refractivity contribution in [1.82, 2.24) is 0 Å². The number of fused-ring (bicyclic) bond motifs is 1. The summed E-state index contributed by atoms with van der Waals surface area (Å²) in [6.45, 7) is 0.00750. The summed E-state index contributed by atoms with van der Waals surface area (Å²) < 4.78 is 40.4. The fourth-order valence-electron chi connectivity index (χ4n) is 3.75. The van der Waals surface area contributed by atoms with Gasteiger partial charge in [0.25, 0.3) is 0 Å². The van der Waals surface area contributed by atoms with Crippen LogP contribution in [0.2, 0.25) is 5.02 Å². The highest BCUT2D eigenvalue weighted by molar-refractivity contribution is 7.91. The zero-order valence-electron chi connectivity index (χ0n) is 16.7. The van der Waals surface area contributed by atoms with Gasteiger partial charge in [0.15, 0.2) is 15.6 Å². The number of amides is 1. The van der Waals surface area contributed by atoms with Crippen LogP contribution in [0.15, 0.2) is 41.3 Å². The Morgan fingerprint density at radius 2 is 1.87 bits per heavy atom. The average Bonchev–Trinajstić information content (AvgIpc) is 3.55. The third-order valence-corrected chi connectivity index (χ3v) is 7.73. The second-order valence-corrected chi connectivity index (χ2v) is 10.6. The molecule has 0 unspecified atom stereocenters. The lowest BCUT2D eigenvalue weighted by Crippen LogP contribution is -2.45. The molecular weight excluding hydrogens is 443 g/mol. The van der Waals surface area contributed by atoms with Gasteiger partial charge >= 0.3 is 0 Å². The number of nitrogens with zero attached hydrogens (tertiary/aromatic N) is 1. The van der Waals surface area contributed by atoms with Crippen molar-refractivity contribution in [3.8, 4) is 0 Å². The average molecular weight is 465 g/mol. The van der Waals surface area contributed by atoms with Gasteiger partial charge in [-0.25, -0.2) is 12.8 Å². The number of carbonyl (C=O) groups excluding carboxylic acids is 2. The van der Waals surface area contributed by atoms with Gasteiger partial charge in [0.2, 0.25) is 5.91 Å². The van der Waals surface area contributed by atoms with Crippen LogP contribution in [-0.2, 0) is 21.2 Å². The standard InChI is InChI=1S/C22H22ClFN2O4S/c23-15-6-3-14(4-7-15)11-26-19-9-16(20(27)8-5-13-1-2-13)17(24)10-21(19)31(29,30)12-18(25)22(26)28/h3-4,6-7,9-10,13,18H,1-2,5,8,11-12,25H2/t18-/m0/s1. The molecule has 1 atom stereocenters. The van der Waals surface area contributed by atoms with Crippen molar-refractivity contribution in [3.05, 3.63) is 58.4 Å². The topological polar surface area (TPSA) is 97.5 Å². The van der Waals surface area contributed by atoms with E-state index in [0.717, 1.165) is 18.9 Å². The van der Waals surface area contributed by atoms with Crippen molar-refractivity contribution in [2.24, 2.45) is 11.7 Å². The Kier molecular flexibility index (Phi) is 5.89. The largest absolute Gasteiger partial charge is 0.319 e. The van der Waals surface area contributed by atoms with Gasteiger partial charge in [0.05, 0.1) is 34.5 Å². The van der Waals surface area contributed by atoms with Crippen molar-refractivity contribution in [2.75, 3.05) is 10.7 Å². The molecule has 2 N–H and O–H groups in total. The van der Waals surface area contributed by atoms with E-state index in [4.69, 9.17) is 17.3 Å². The minimum absolute atomic E-state index is 0.00750. The highest BCUT2D eigenvalue weighted by atomic mass is 35.5. The number of carbonyl (C=O) groups is 2. The Hall–Kier alpha value is -2.29. The molecule has 1 fully saturated rings. The van der Waals surface area contributed by atoms with Crippen molar-refractivity contribution in [2.45, 2.75) is 43.2 Å². The summed E-state index contributed by atoms with van der Waals surface area (Å²) in [5.74, 6) is -2.06. The van der Waals surface area contributed by atoms with Gasteiger partial charge < -0.3 is 10.6 Å². The van der Waals surface area contributed by atoms with Crippen molar-refractivity contribution in [3.63, 3.8) is 0 Å². The van der Waals surface area contributed by atoms with Crippen LogP contribution in [0.5, 0.6) is 0 Å². The summed E-state index contributed by atoms with van der Waals surface area (Å²) in [7, 11) is -4.03. The first kappa shape index (κ1) is 21.9. The number of halogens is 2. The molecule has 0 radical (unpaired) electrons. The Labute approximate surface area is 185 Å². The molecule has 6 nitrogen and oxygen atoms in total. The third kappa shape index (κ3) is 4.66.